The first-order chi connectivity index (χ1) is 14.9. The summed E-state index contributed by atoms with van der Waals surface area (Å²) in [7, 11) is -0.549. The third-order valence-corrected chi connectivity index (χ3v) is 6.02. The van der Waals surface area contributed by atoms with Crippen molar-refractivity contribution >= 4 is 13.1 Å². The number of hydrogen-bond acceptors (Lipinski definition) is 6. The lowest BCUT2D eigenvalue weighted by molar-refractivity contribution is -0.146. The van der Waals surface area contributed by atoms with Crippen molar-refractivity contribution in [3.8, 4) is 5.75 Å². The van der Waals surface area contributed by atoms with Crippen LogP contribution >= 0.6 is 0 Å². The van der Waals surface area contributed by atoms with Gasteiger partial charge in [-0.05, 0) is 56.8 Å². The van der Waals surface area contributed by atoms with Gasteiger partial charge in [-0.15, -0.1) is 0 Å². The maximum absolute atomic E-state index is 11.8. The zero-order chi connectivity index (χ0) is 24.1. The molecule has 1 fully saturated rings. The van der Waals surface area contributed by atoms with Crippen molar-refractivity contribution in [2.45, 2.75) is 72.2 Å². The Morgan fingerprint density at radius 1 is 1.22 bits per heavy atom. The van der Waals surface area contributed by atoms with Gasteiger partial charge in [-0.3, -0.25) is 4.79 Å². The van der Waals surface area contributed by atoms with Crippen molar-refractivity contribution in [1.82, 2.24) is 0 Å². The minimum atomic E-state index is -0.549. The van der Waals surface area contributed by atoms with Gasteiger partial charge in [0.25, 0.3) is 0 Å². The van der Waals surface area contributed by atoms with Gasteiger partial charge in [0.2, 0.25) is 0 Å². The molecule has 7 heteroatoms. The van der Waals surface area contributed by atoms with Crippen LogP contribution in [-0.4, -0.2) is 42.6 Å². The predicted octanol–water partition coefficient (Wildman–Crippen LogP) is 4.82. The van der Waals surface area contributed by atoms with Gasteiger partial charge in [-0.25, -0.2) is 0 Å². The van der Waals surface area contributed by atoms with E-state index in [0.717, 1.165) is 16.6 Å². The first-order valence-electron chi connectivity index (χ1n) is 11.1. The van der Waals surface area contributed by atoms with Crippen LogP contribution in [0.4, 0.5) is 0 Å². The molecule has 1 N–H and O–H groups in total. The highest BCUT2D eigenvalue weighted by molar-refractivity contribution is 6.56. The van der Waals surface area contributed by atoms with E-state index in [0.29, 0.717) is 12.2 Å². The number of rotatable bonds is 10. The lowest BCUT2D eigenvalue weighted by atomic mass is 9.70. The monoisotopic (exact) mass is 444 g/mol. The summed E-state index contributed by atoms with van der Waals surface area (Å²) in [4.78, 5) is 11.8. The summed E-state index contributed by atoms with van der Waals surface area (Å²) >= 11 is 0. The summed E-state index contributed by atoms with van der Waals surface area (Å²) in [5.41, 5.74) is 1.65. The largest absolute Gasteiger partial charge is 0.494 e. The normalized spacial score (nSPS) is 18.5. The maximum Gasteiger partial charge on any atom is 0.494 e. The van der Waals surface area contributed by atoms with Gasteiger partial charge in [0, 0.05) is 13.3 Å². The molecule has 0 bridgehead atoms. The molecule has 0 aliphatic carbocycles. The Balaban J connectivity index is 2.35. The molecule has 176 valence electrons. The minimum Gasteiger partial charge on any atom is -0.491 e. The van der Waals surface area contributed by atoms with E-state index in [9.17, 15) is 4.79 Å². The summed E-state index contributed by atoms with van der Waals surface area (Å²) in [6.45, 7) is 18.0. The van der Waals surface area contributed by atoms with Crippen LogP contribution in [-0.2, 0) is 18.8 Å². The van der Waals surface area contributed by atoms with Crippen molar-refractivity contribution in [2.75, 3.05) is 13.2 Å². The van der Waals surface area contributed by atoms with Gasteiger partial charge in [0.1, 0.15) is 18.5 Å². The fourth-order valence-corrected chi connectivity index (χ4v) is 3.34. The second-order valence-corrected chi connectivity index (χ2v) is 9.41. The minimum absolute atomic E-state index is 0.0743. The summed E-state index contributed by atoms with van der Waals surface area (Å²) in [5, 5.41) is 9.01. The van der Waals surface area contributed by atoms with Crippen LogP contribution in [0.2, 0.25) is 0 Å². The Morgan fingerprint density at radius 2 is 1.84 bits per heavy atom. The summed E-state index contributed by atoms with van der Waals surface area (Å²) in [6, 6.07) is 7.35. The molecule has 1 saturated heterocycles. The molecule has 0 aromatic heterocycles. The van der Waals surface area contributed by atoms with Crippen molar-refractivity contribution in [2.24, 2.45) is 5.92 Å². The van der Waals surface area contributed by atoms with Gasteiger partial charge in [-0.1, -0.05) is 44.2 Å². The number of aliphatic hydroxyl groups is 1. The van der Waals surface area contributed by atoms with E-state index in [1.165, 1.54) is 6.92 Å². The average molecular weight is 444 g/mol. The number of benzene rings is 1. The van der Waals surface area contributed by atoms with Crippen LogP contribution in [0.1, 0.15) is 66.6 Å². The quantitative estimate of drug-likeness (QED) is 0.317. The second-order valence-electron chi connectivity index (χ2n) is 9.41. The number of carbonyl (C=O) groups excluding carboxylic acids is 1. The van der Waals surface area contributed by atoms with E-state index in [-0.39, 0.29) is 25.1 Å². The number of ether oxygens (including phenoxy) is 2. The Kier molecular flexibility index (Phi) is 8.74. The molecule has 0 unspecified atom stereocenters. The molecule has 1 aliphatic rings. The maximum atomic E-state index is 11.8. The molecule has 1 atom stereocenters. The number of esters is 1. The summed E-state index contributed by atoms with van der Waals surface area (Å²) < 4.78 is 23.7. The van der Waals surface area contributed by atoms with Gasteiger partial charge in [0.05, 0.1) is 17.8 Å². The van der Waals surface area contributed by atoms with Crippen LogP contribution in [0.3, 0.4) is 0 Å². The Hall–Kier alpha value is -2.09. The molecule has 6 nitrogen and oxygen atoms in total. The first kappa shape index (κ1) is 26.2. The van der Waals surface area contributed by atoms with Gasteiger partial charge in [-0.2, -0.15) is 0 Å². The van der Waals surface area contributed by atoms with E-state index >= 15 is 0 Å². The average Bonchev–Trinajstić information content (AvgIpc) is 2.92. The van der Waals surface area contributed by atoms with Gasteiger partial charge in [0.15, 0.2) is 0 Å². The molecule has 1 aliphatic heterocycles. The van der Waals surface area contributed by atoms with E-state index in [2.05, 4.69) is 20.4 Å². The van der Waals surface area contributed by atoms with Crippen LogP contribution in [0, 0.1) is 5.92 Å². The number of aliphatic hydroxyl groups excluding tert-OH is 1. The molecule has 0 amide bonds. The molecule has 2 rings (SSSR count). The fraction of sp³-hybridized carbons (Fsp3) is 0.560. The molecule has 0 saturated carbocycles. The second kappa shape index (κ2) is 10.7. The lowest BCUT2D eigenvalue weighted by Gasteiger charge is -2.32. The molecule has 1 heterocycles. The van der Waals surface area contributed by atoms with E-state index in [1.54, 1.807) is 6.07 Å². The van der Waals surface area contributed by atoms with Crippen LogP contribution < -0.4 is 4.74 Å². The van der Waals surface area contributed by atoms with Crippen molar-refractivity contribution in [3.05, 3.63) is 53.5 Å². The summed E-state index contributed by atoms with van der Waals surface area (Å²) in [5.74, 6) is 0.433. The van der Waals surface area contributed by atoms with Gasteiger partial charge < -0.3 is 23.9 Å². The van der Waals surface area contributed by atoms with E-state index in [4.69, 9.17) is 23.9 Å². The van der Waals surface area contributed by atoms with E-state index in [1.807, 2.05) is 52.0 Å². The van der Waals surface area contributed by atoms with Crippen LogP contribution in [0.15, 0.2) is 48.0 Å². The van der Waals surface area contributed by atoms with Crippen molar-refractivity contribution < 1.29 is 28.7 Å². The van der Waals surface area contributed by atoms with Crippen molar-refractivity contribution in [1.29, 1.82) is 0 Å². The van der Waals surface area contributed by atoms with Gasteiger partial charge >= 0.3 is 13.1 Å². The number of hydrogen-bond donors (Lipinski definition) is 1. The third-order valence-electron chi connectivity index (χ3n) is 6.02. The number of carbonyl (C=O) groups is 1. The number of allylic oxidation sites excluding steroid dienone is 2. The Morgan fingerprint density at radius 3 is 2.38 bits per heavy atom. The molecular formula is C25H37BO6. The van der Waals surface area contributed by atoms with E-state index < -0.39 is 24.4 Å². The first-order valence-corrected chi connectivity index (χ1v) is 11.1. The SMILES string of the molecule is C=C(/C(=C/C[C@H](OC(C)=O)c1cccc(OCCO)c1)B1OC(C)(C)C(C)(C)O1)C(C)C. The zero-order valence-electron chi connectivity index (χ0n) is 20.4. The Bertz CT molecular complexity index is 827. The highest BCUT2D eigenvalue weighted by Gasteiger charge is 2.52. The highest BCUT2D eigenvalue weighted by atomic mass is 16.7. The topological polar surface area (TPSA) is 74.2 Å². The molecule has 0 spiro atoms. The molecular weight excluding hydrogens is 407 g/mol. The molecule has 1 aromatic carbocycles. The van der Waals surface area contributed by atoms with Crippen LogP contribution in [0.5, 0.6) is 5.75 Å². The zero-order valence-corrected chi connectivity index (χ0v) is 20.4. The smallest absolute Gasteiger partial charge is 0.491 e. The Labute approximate surface area is 192 Å². The molecule has 32 heavy (non-hydrogen) atoms. The third kappa shape index (κ3) is 6.47. The highest BCUT2D eigenvalue weighted by Crippen LogP contribution is 2.41. The lowest BCUT2D eigenvalue weighted by Crippen LogP contribution is -2.41. The predicted molar refractivity (Wildman–Crippen MR) is 126 cm³/mol. The standard InChI is InChI=1S/C25H37BO6/c1-17(2)18(3)22(26-31-24(5,6)25(7,8)32-26)12-13-23(30-19(4)28)20-10-9-11-21(16-20)29-15-14-27/h9-12,16-17,23,27H,3,13-15H2,1-2,4-8H3/b22-12-/t23-/m0/s1. The molecule has 1 aromatic rings. The van der Waals surface area contributed by atoms with Crippen molar-refractivity contribution in [3.63, 3.8) is 0 Å². The molecule has 0 radical (unpaired) electrons. The fourth-order valence-electron chi connectivity index (χ4n) is 3.34. The van der Waals surface area contributed by atoms with Crippen LogP contribution in [0.25, 0.3) is 0 Å². The summed E-state index contributed by atoms with van der Waals surface area (Å²) in [6.07, 6.45) is 1.91.